The average molecular weight is 229 g/mol. The van der Waals surface area contributed by atoms with Crippen molar-refractivity contribution in [2.45, 2.75) is 12.8 Å². The molecule has 2 N–H and O–H groups in total. The van der Waals surface area contributed by atoms with Gasteiger partial charge in [-0.25, -0.2) is 5.10 Å². The Morgan fingerprint density at radius 3 is 2.65 bits per heavy atom. The number of hydrogen-bond donors (Lipinski definition) is 2. The standard InChI is InChI=1S/C13H15N3O/c17-13-9-8-12(15-16-13)14-10-4-7-11-5-2-1-3-6-11/h1-3,5-6,8-9H,4,7,10H2,(H,14,15)(H,16,17). The van der Waals surface area contributed by atoms with Gasteiger partial charge in [-0.2, -0.15) is 5.10 Å². The Labute approximate surface area is 99.7 Å². The number of aromatic amines is 1. The van der Waals surface area contributed by atoms with E-state index in [4.69, 9.17) is 0 Å². The summed E-state index contributed by atoms with van der Waals surface area (Å²) in [7, 11) is 0. The van der Waals surface area contributed by atoms with Gasteiger partial charge < -0.3 is 5.32 Å². The summed E-state index contributed by atoms with van der Waals surface area (Å²) >= 11 is 0. The maximum Gasteiger partial charge on any atom is 0.264 e. The van der Waals surface area contributed by atoms with E-state index in [0.717, 1.165) is 19.4 Å². The predicted molar refractivity (Wildman–Crippen MR) is 68.1 cm³/mol. The van der Waals surface area contributed by atoms with E-state index in [9.17, 15) is 4.79 Å². The summed E-state index contributed by atoms with van der Waals surface area (Å²) in [6.45, 7) is 0.841. The predicted octanol–water partition coefficient (Wildman–Crippen LogP) is 1.81. The minimum Gasteiger partial charge on any atom is -0.369 e. The van der Waals surface area contributed by atoms with Crippen LogP contribution < -0.4 is 10.9 Å². The van der Waals surface area contributed by atoms with Crippen molar-refractivity contribution in [3.8, 4) is 0 Å². The van der Waals surface area contributed by atoms with E-state index in [2.05, 4.69) is 27.6 Å². The first-order chi connectivity index (χ1) is 8.34. The van der Waals surface area contributed by atoms with Crippen LogP contribution in [0.2, 0.25) is 0 Å². The first-order valence-electron chi connectivity index (χ1n) is 5.68. The third-order valence-corrected chi connectivity index (χ3v) is 2.47. The average Bonchev–Trinajstić information content (AvgIpc) is 2.38. The van der Waals surface area contributed by atoms with Gasteiger partial charge in [0.15, 0.2) is 0 Å². The molecule has 17 heavy (non-hydrogen) atoms. The number of hydrogen-bond acceptors (Lipinski definition) is 3. The number of aryl methyl sites for hydroxylation is 1. The van der Waals surface area contributed by atoms with Gasteiger partial charge in [-0.15, -0.1) is 0 Å². The van der Waals surface area contributed by atoms with E-state index in [1.54, 1.807) is 6.07 Å². The molecule has 0 spiro atoms. The molecule has 0 aliphatic carbocycles. The first-order valence-corrected chi connectivity index (χ1v) is 5.68. The van der Waals surface area contributed by atoms with Gasteiger partial charge in [-0.05, 0) is 24.5 Å². The molecule has 0 atom stereocenters. The van der Waals surface area contributed by atoms with E-state index in [-0.39, 0.29) is 5.56 Å². The molecule has 0 radical (unpaired) electrons. The number of H-pyrrole nitrogens is 1. The van der Waals surface area contributed by atoms with Crippen molar-refractivity contribution < 1.29 is 0 Å². The molecule has 0 fully saturated rings. The van der Waals surface area contributed by atoms with Crippen molar-refractivity contribution in [2.24, 2.45) is 0 Å². The number of anilines is 1. The molecule has 0 aliphatic heterocycles. The fraction of sp³-hybridized carbons (Fsp3) is 0.231. The second-order valence-corrected chi connectivity index (χ2v) is 3.82. The molecule has 0 saturated heterocycles. The Morgan fingerprint density at radius 2 is 1.94 bits per heavy atom. The molecular weight excluding hydrogens is 214 g/mol. The smallest absolute Gasteiger partial charge is 0.264 e. The SMILES string of the molecule is O=c1ccc(NCCCc2ccccc2)n[nH]1. The van der Waals surface area contributed by atoms with Crippen molar-refractivity contribution in [3.05, 3.63) is 58.4 Å². The van der Waals surface area contributed by atoms with Crippen LogP contribution in [0.1, 0.15) is 12.0 Å². The first kappa shape index (κ1) is 11.4. The molecule has 0 bridgehead atoms. The summed E-state index contributed by atoms with van der Waals surface area (Å²) in [4.78, 5) is 10.8. The third kappa shape index (κ3) is 3.75. The molecule has 0 saturated carbocycles. The van der Waals surface area contributed by atoms with Crippen molar-refractivity contribution in [3.63, 3.8) is 0 Å². The summed E-state index contributed by atoms with van der Waals surface area (Å²) in [5, 5.41) is 9.43. The van der Waals surface area contributed by atoms with Crippen molar-refractivity contribution in [2.75, 3.05) is 11.9 Å². The van der Waals surface area contributed by atoms with Crippen LogP contribution in [0.25, 0.3) is 0 Å². The molecule has 1 aromatic heterocycles. The zero-order valence-corrected chi connectivity index (χ0v) is 9.52. The zero-order chi connectivity index (χ0) is 11.9. The fourth-order valence-electron chi connectivity index (χ4n) is 1.60. The Bertz CT molecular complexity index is 487. The van der Waals surface area contributed by atoms with Crippen LogP contribution in [0.4, 0.5) is 5.82 Å². The molecule has 1 aromatic carbocycles. The number of nitrogens with one attached hydrogen (secondary N) is 2. The van der Waals surface area contributed by atoms with E-state index in [1.165, 1.54) is 11.6 Å². The highest BCUT2D eigenvalue weighted by molar-refractivity contribution is 5.31. The van der Waals surface area contributed by atoms with Gasteiger partial charge in [0, 0.05) is 12.6 Å². The monoisotopic (exact) mass is 229 g/mol. The molecule has 1 heterocycles. The van der Waals surface area contributed by atoms with Gasteiger partial charge in [0.25, 0.3) is 5.56 Å². The molecule has 4 nitrogen and oxygen atoms in total. The van der Waals surface area contributed by atoms with Crippen LogP contribution in [0.5, 0.6) is 0 Å². The van der Waals surface area contributed by atoms with Crippen LogP contribution in [0.3, 0.4) is 0 Å². The van der Waals surface area contributed by atoms with Gasteiger partial charge in [0.2, 0.25) is 0 Å². The maximum absolute atomic E-state index is 10.8. The van der Waals surface area contributed by atoms with Gasteiger partial charge >= 0.3 is 0 Å². The second-order valence-electron chi connectivity index (χ2n) is 3.82. The number of benzene rings is 1. The highest BCUT2D eigenvalue weighted by atomic mass is 16.1. The highest BCUT2D eigenvalue weighted by Crippen LogP contribution is 2.03. The molecule has 0 aliphatic rings. The number of aromatic nitrogens is 2. The van der Waals surface area contributed by atoms with Gasteiger partial charge in [-0.3, -0.25) is 4.79 Å². The summed E-state index contributed by atoms with van der Waals surface area (Å²) in [6.07, 6.45) is 2.07. The Morgan fingerprint density at radius 1 is 1.12 bits per heavy atom. The van der Waals surface area contributed by atoms with E-state index >= 15 is 0 Å². The molecule has 2 aromatic rings. The van der Waals surface area contributed by atoms with Crippen LogP contribution in [-0.4, -0.2) is 16.7 Å². The number of nitrogens with zero attached hydrogens (tertiary/aromatic N) is 1. The molecule has 2 rings (SSSR count). The fourth-order valence-corrected chi connectivity index (χ4v) is 1.60. The largest absolute Gasteiger partial charge is 0.369 e. The van der Waals surface area contributed by atoms with Crippen LogP contribution >= 0.6 is 0 Å². The Hall–Kier alpha value is -2.10. The Kier molecular flexibility index (Phi) is 3.91. The second kappa shape index (κ2) is 5.84. The van der Waals surface area contributed by atoms with Crippen LogP contribution in [-0.2, 0) is 6.42 Å². The Balaban J connectivity index is 1.73. The maximum atomic E-state index is 10.8. The normalized spacial score (nSPS) is 10.1. The minimum atomic E-state index is -0.181. The topological polar surface area (TPSA) is 57.8 Å². The summed E-state index contributed by atoms with van der Waals surface area (Å²) in [6, 6.07) is 13.5. The quantitative estimate of drug-likeness (QED) is 0.769. The van der Waals surface area contributed by atoms with Gasteiger partial charge in [0.05, 0.1) is 0 Å². The lowest BCUT2D eigenvalue weighted by Crippen LogP contribution is -2.10. The highest BCUT2D eigenvalue weighted by Gasteiger charge is 1.94. The molecule has 4 heteroatoms. The number of rotatable bonds is 5. The molecule has 88 valence electrons. The van der Waals surface area contributed by atoms with Crippen molar-refractivity contribution in [1.82, 2.24) is 10.2 Å². The zero-order valence-electron chi connectivity index (χ0n) is 9.52. The summed E-state index contributed by atoms with van der Waals surface area (Å²) < 4.78 is 0. The third-order valence-electron chi connectivity index (χ3n) is 2.47. The minimum absolute atomic E-state index is 0.181. The van der Waals surface area contributed by atoms with Gasteiger partial charge in [0.1, 0.15) is 5.82 Å². The van der Waals surface area contributed by atoms with Crippen molar-refractivity contribution in [1.29, 1.82) is 0 Å². The van der Waals surface area contributed by atoms with E-state index in [1.807, 2.05) is 18.2 Å². The summed E-state index contributed by atoms with van der Waals surface area (Å²) in [5.41, 5.74) is 1.16. The van der Waals surface area contributed by atoms with Crippen molar-refractivity contribution >= 4 is 5.82 Å². The molecule has 0 amide bonds. The molecular formula is C13H15N3O. The van der Waals surface area contributed by atoms with E-state index in [0.29, 0.717) is 5.82 Å². The lowest BCUT2D eigenvalue weighted by Gasteiger charge is -2.04. The van der Waals surface area contributed by atoms with E-state index < -0.39 is 0 Å². The lowest BCUT2D eigenvalue weighted by atomic mass is 10.1. The summed E-state index contributed by atoms with van der Waals surface area (Å²) in [5.74, 6) is 0.706. The van der Waals surface area contributed by atoms with Crippen LogP contribution in [0, 0.1) is 0 Å². The molecule has 0 unspecified atom stereocenters. The lowest BCUT2D eigenvalue weighted by molar-refractivity contribution is 0.851. The van der Waals surface area contributed by atoms with Gasteiger partial charge in [-0.1, -0.05) is 30.3 Å². The van der Waals surface area contributed by atoms with Crippen LogP contribution in [0.15, 0.2) is 47.3 Å².